The zero-order chi connectivity index (χ0) is 18.5. The third-order valence-corrected chi connectivity index (χ3v) is 5.29. The van der Waals surface area contributed by atoms with Crippen molar-refractivity contribution in [2.24, 2.45) is 0 Å². The van der Waals surface area contributed by atoms with Crippen molar-refractivity contribution in [1.29, 1.82) is 0 Å². The van der Waals surface area contributed by atoms with Crippen LogP contribution < -0.4 is 10.6 Å². The van der Waals surface area contributed by atoms with Gasteiger partial charge in [-0.25, -0.2) is 0 Å². The molecule has 2 heterocycles. The lowest BCUT2D eigenvalue weighted by Gasteiger charge is -2.14. The van der Waals surface area contributed by atoms with Crippen LogP contribution in [0, 0.1) is 13.8 Å². The number of carbonyl (C=O) groups excluding carboxylic acids is 2. The molecule has 0 fully saturated rings. The quantitative estimate of drug-likeness (QED) is 0.672. The SMILES string of the molecule is Cc1cccc(NC(=O)C(=O)NCC(c2ccco2)c2cccs2)c1C. The molecule has 5 nitrogen and oxygen atoms in total. The highest BCUT2D eigenvalue weighted by Gasteiger charge is 2.21. The maximum atomic E-state index is 12.2. The predicted octanol–water partition coefficient (Wildman–Crippen LogP) is 3.84. The first-order chi connectivity index (χ1) is 12.6. The highest BCUT2D eigenvalue weighted by Crippen LogP contribution is 2.28. The van der Waals surface area contributed by atoms with E-state index in [1.54, 1.807) is 23.7 Å². The summed E-state index contributed by atoms with van der Waals surface area (Å²) in [6, 6.07) is 13.2. The molecule has 0 aliphatic carbocycles. The average molecular weight is 368 g/mol. The van der Waals surface area contributed by atoms with E-state index in [0.717, 1.165) is 21.8 Å². The molecule has 0 radical (unpaired) electrons. The van der Waals surface area contributed by atoms with Crippen molar-refractivity contribution in [3.8, 4) is 0 Å². The smallest absolute Gasteiger partial charge is 0.313 e. The van der Waals surface area contributed by atoms with Crippen molar-refractivity contribution in [3.63, 3.8) is 0 Å². The molecule has 0 bridgehead atoms. The number of benzene rings is 1. The van der Waals surface area contributed by atoms with E-state index >= 15 is 0 Å². The molecule has 2 aromatic heterocycles. The molecule has 0 spiro atoms. The molecule has 3 rings (SSSR count). The van der Waals surface area contributed by atoms with Gasteiger partial charge in [0.1, 0.15) is 5.76 Å². The molecule has 1 unspecified atom stereocenters. The van der Waals surface area contributed by atoms with E-state index in [2.05, 4.69) is 10.6 Å². The standard InChI is InChI=1S/C20H20N2O3S/c1-13-6-3-7-16(14(13)2)22-20(24)19(23)21-12-15(17-8-4-10-25-17)18-9-5-11-26-18/h3-11,15H,12H2,1-2H3,(H,21,23)(H,22,24). The highest BCUT2D eigenvalue weighted by atomic mass is 32.1. The van der Waals surface area contributed by atoms with Crippen LogP contribution in [0.15, 0.2) is 58.5 Å². The van der Waals surface area contributed by atoms with Gasteiger partial charge in [-0.3, -0.25) is 9.59 Å². The lowest BCUT2D eigenvalue weighted by molar-refractivity contribution is -0.136. The average Bonchev–Trinajstić information content (AvgIpc) is 3.33. The molecule has 1 atom stereocenters. The van der Waals surface area contributed by atoms with Crippen LogP contribution in [0.3, 0.4) is 0 Å². The third kappa shape index (κ3) is 4.03. The van der Waals surface area contributed by atoms with Crippen LogP contribution in [0.25, 0.3) is 0 Å². The first-order valence-electron chi connectivity index (χ1n) is 8.28. The lowest BCUT2D eigenvalue weighted by atomic mass is 10.0. The fraction of sp³-hybridized carbons (Fsp3) is 0.200. The molecule has 3 aromatic rings. The van der Waals surface area contributed by atoms with Crippen molar-refractivity contribution >= 4 is 28.8 Å². The Balaban J connectivity index is 1.65. The Labute approximate surface area is 156 Å². The molecule has 2 amide bonds. The summed E-state index contributed by atoms with van der Waals surface area (Å²) in [6.45, 7) is 4.15. The minimum atomic E-state index is -0.678. The zero-order valence-electron chi connectivity index (χ0n) is 14.6. The molecule has 26 heavy (non-hydrogen) atoms. The summed E-state index contributed by atoms with van der Waals surface area (Å²) in [5, 5.41) is 7.35. The monoisotopic (exact) mass is 368 g/mol. The van der Waals surface area contributed by atoms with E-state index in [1.165, 1.54) is 0 Å². The van der Waals surface area contributed by atoms with Gasteiger partial charge in [-0.2, -0.15) is 0 Å². The highest BCUT2D eigenvalue weighted by molar-refractivity contribution is 7.10. The van der Waals surface area contributed by atoms with Gasteiger partial charge in [0.15, 0.2) is 0 Å². The van der Waals surface area contributed by atoms with E-state index in [9.17, 15) is 9.59 Å². The summed E-state index contributed by atoms with van der Waals surface area (Å²) < 4.78 is 5.49. The largest absolute Gasteiger partial charge is 0.469 e. The van der Waals surface area contributed by atoms with E-state index < -0.39 is 11.8 Å². The Kier molecular flexibility index (Phi) is 5.53. The van der Waals surface area contributed by atoms with Crippen molar-refractivity contribution < 1.29 is 14.0 Å². The third-order valence-electron chi connectivity index (χ3n) is 4.30. The molecule has 1 aromatic carbocycles. The van der Waals surface area contributed by atoms with Gasteiger partial charge in [0.05, 0.1) is 12.2 Å². The maximum absolute atomic E-state index is 12.2. The Bertz CT molecular complexity index is 852. The Morgan fingerprint density at radius 1 is 1.08 bits per heavy atom. The van der Waals surface area contributed by atoms with Crippen LogP contribution in [0.5, 0.6) is 0 Å². The van der Waals surface area contributed by atoms with Gasteiger partial charge in [0, 0.05) is 17.1 Å². The summed E-state index contributed by atoms with van der Waals surface area (Å²) in [7, 11) is 0. The van der Waals surface area contributed by atoms with Gasteiger partial charge in [0.25, 0.3) is 0 Å². The molecule has 2 N–H and O–H groups in total. The first-order valence-corrected chi connectivity index (χ1v) is 9.16. The lowest BCUT2D eigenvalue weighted by Crippen LogP contribution is -2.37. The van der Waals surface area contributed by atoms with Crippen molar-refractivity contribution in [1.82, 2.24) is 5.32 Å². The normalized spacial score (nSPS) is 11.8. The number of aryl methyl sites for hydroxylation is 1. The van der Waals surface area contributed by atoms with Crippen LogP contribution in [0.2, 0.25) is 0 Å². The number of hydrogen-bond donors (Lipinski definition) is 2. The summed E-state index contributed by atoms with van der Waals surface area (Å²) >= 11 is 1.58. The second kappa shape index (κ2) is 8.01. The second-order valence-corrected chi connectivity index (χ2v) is 6.97. The molecule has 0 aliphatic rings. The van der Waals surface area contributed by atoms with Crippen molar-refractivity contribution in [2.45, 2.75) is 19.8 Å². The Morgan fingerprint density at radius 3 is 2.62 bits per heavy atom. The van der Waals surface area contributed by atoms with Crippen LogP contribution >= 0.6 is 11.3 Å². The van der Waals surface area contributed by atoms with Gasteiger partial charge < -0.3 is 15.1 Å². The van der Waals surface area contributed by atoms with Crippen molar-refractivity contribution in [3.05, 3.63) is 75.9 Å². The minimum Gasteiger partial charge on any atom is -0.469 e. The number of rotatable bonds is 5. The molecule has 6 heteroatoms. The van der Waals surface area contributed by atoms with Crippen LogP contribution in [-0.4, -0.2) is 18.4 Å². The number of amides is 2. The summed E-state index contributed by atoms with van der Waals surface area (Å²) in [4.78, 5) is 25.5. The van der Waals surface area contributed by atoms with Crippen LogP contribution in [0.4, 0.5) is 5.69 Å². The number of anilines is 1. The molecule has 0 saturated heterocycles. The molecule has 0 aliphatic heterocycles. The molecule has 134 valence electrons. The zero-order valence-corrected chi connectivity index (χ0v) is 15.4. The predicted molar refractivity (Wildman–Crippen MR) is 102 cm³/mol. The molecular weight excluding hydrogens is 348 g/mol. The number of hydrogen-bond acceptors (Lipinski definition) is 4. The molecule has 0 saturated carbocycles. The van der Waals surface area contributed by atoms with Crippen LogP contribution in [-0.2, 0) is 9.59 Å². The number of furan rings is 1. The first kappa shape index (κ1) is 17.9. The van der Waals surface area contributed by atoms with Gasteiger partial charge >= 0.3 is 11.8 Å². The van der Waals surface area contributed by atoms with Gasteiger partial charge in [0.2, 0.25) is 0 Å². The van der Waals surface area contributed by atoms with Crippen molar-refractivity contribution in [2.75, 3.05) is 11.9 Å². The fourth-order valence-electron chi connectivity index (χ4n) is 2.66. The Morgan fingerprint density at radius 2 is 1.92 bits per heavy atom. The molecular formula is C20H20N2O3S. The summed E-state index contributed by atoms with van der Waals surface area (Å²) in [6.07, 6.45) is 1.60. The minimum absolute atomic E-state index is 0.123. The second-order valence-electron chi connectivity index (χ2n) is 6.00. The van der Waals surface area contributed by atoms with Gasteiger partial charge in [-0.15, -0.1) is 11.3 Å². The maximum Gasteiger partial charge on any atom is 0.313 e. The number of nitrogens with one attached hydrogen (secondary N) is 2. The van der Waals surface area contributed by atoms with Gasteiger partial charge in [-0.05, 0) is 54.6 Å². The summed E-state index contributed by atoms with van der Waals surface area (Å²) in [5.74, 6) is -0.716. The van der Waals surface area contributed by atoms with Gasteiger partial charge in [-0.1, -0.05) is 18.2 Å². The van der Waals surface area contributed by atoms with Crippen LogP contribution in [0.1, 0.15) is 27.7 Å². The Hall–Kier alpha value is -2.86. The topological polar surface area (TPSA) is 71.3 Å². The summed E-state index contributed by atoms with van der Waals surface area (Å²) in [5.41, 5.74) is 2.64. The van der Waals surface area contributed by atoms with E-state index in [0.29, 0.717) is 5.69 Å². The van der Waals surface area contributed by atoms with E-state index in [-0.39, 0.29) is 12.5 Å². The fourth-order valence-corrected chi connectivity index (χ4v) is 3.50. The van der Waals surface area contributed by atoms with E-state index in [4.69, 9.17) is 4.42 Å². The number of carbonyl (C=O) groups is 2. The van der Waals surface area contributed by atoms with E-state index in [1.807, 2.05) is 55.6 Å². The number of thiophene rings is 1.